The average Bonchev–Trinajstić information content (AvgIpc) is 2.48. The van der Waals surface area contributed by atoms with Crippen molar-refractivity contribution in [2.75, 3.05) is 0 Å². The molecular formula is C10H18N4. The Bertz CT molecular complexity index is 318. The number of aryl methyl sites for hydroxylation is 1. The molecule has 1 aliphatic heterocycles. The SMILES string of the molecule is CCCc1nc2n(n1)CC(C)CC2N. The van der Waals surface area contributed by atoms with Gasteiger partial charge in [0.25, 0.3) is 0 Å². The van der Waals surface area contributed by atoms with Gasteiger partial charge in [0, 0.05) is 13.0 Å². The van der Waals surface area contributed by atoms with E-state index in [1.165, 1.54) is 0 Å². The van der Waals surface area contributed by atoms with E-state index < -0.39 is 0 Å². The number of hydrogen-bond acceptors (Lipinski definition) is 3. The molecule has 0 aromatic carbocycles. The maximum absolute atomic E-state index is 6.02. The molecule has 0 aliphatic carbocycles. The molecule has 1 aliphatic rings. The Kier molecular flexibility index (Phi) is 2.54. The fourth-order valence-corrected chi connectivity index (χ4v) is 2.05. The highest BCUT2D eigenvalue weighted by Crippen LogP contribution is 2.24. The van der Waals surface area contributed by atoms with Crippen molar-refractivity contribution in [2.45, 2.75) is 45.7 Å². The molecule has 0 spiro atoms. The van der Waals surface area contributed by atoms with E-state index in [2.05, 4.69) is 23.9 Å². The van der Waals surface area contributed by atoms with E-state index in [0.717, 1.165) is 37.5 Å². The Morgan fingerprint density at radius 1 is 1.57 bits per heavy atom. The van der Waals surface area contributed by atoms with Gasteiger partial charge < -0.3 is 5.73 Å². The molecule has 2 rings (SSSR count). The molecule has 78 valence electrons. The normalized spacial score (nSPS) is 26.2. The van der Waals surface area contributed by atoms with Gasteiger partial charge in [0.05, 0.1) is 6.04 Å². The zero-order valence-corrected chi connectivity index (χ0v) is 8.90. The summed E-state index contributed by atoms with van der Waals surface area (Å²) in [4.78, 5) is 4.48. The third-order valence-electron chi connectivity index (χ3n) is 2.69. The maximum Gasteiger partial charge on any atom is 0.151 e. The van der Waals surface area contributed by atoms with Gasteiger partial charge in [-0.05, 0) is 18.8 Å². The van der Waals surface area contributed by atoms with Crippen molar-refractivity contribution in [1.29, 1.82) is 0 Å². The summed E-state index contributed by atoms with van der Waals surface area (Å²) in [5.41, 5.74) is 6.02. The van der Waals surface area contributed by atoms with Gasteiger partial charge >= 0.3 is 0 Å². The number of rotatable bonds is 2. The Hall–Kier alpha value is -0.900. The molecular weight excluding hydrogens is 176 g/mol. The summed E-state index contributed by atoms with van der Waals surface area (Å²) in [5, 5.41) is 4.47. The summed E-state index contributed by atoms with van der Waals surface area (Å²) in [6.45, 7) is 5.33. The minimum absolute atomic E-state index is 0.0804. The Morgan fingerprint density at radius 3 is 3.07 bits per heavy atom. The first-order valence-electron chi connectivity index (χ1n) is 5.40. The quantitative estimate of drug-likeness (QED) is 0.771. The molecule has 14 heavy (non-hydrogen) atoms. The van der Waals surface area contributed by atoms with Crippen LogP contribution in [0.4, 0.5) is 0 Å². The fraction of sp³-hybridized carbons (Fsp3) is 0.800. The molecule has 0 bridgehead atoms. The van der Waals surface area contributed by atoms with E-state index in [-0.39, 0.29) is 6.04 Å². The van der Waals surface area contributed by atoms with Crippen molar-refractivity contribution in [3.8, 4) is 0 Å². The van der Waals surface area contributed by atoms with Crippen LogP contribution in [0.5, 0.6) is 0 Å². The zero-order chi connectivity index (χ0) is 10.1. The number of nitrogens with two attached hydrogens (primary N) is 1. The van der Waals surface area contributed by atoms with Crippen molar-refractivity contribution >= 4 is 0 Å². The summed E-state index contributed by atoms with van der Waals surface area (Å²) < 4.78 is 1.99. The van der Waals surface area contributed by atoms with Gasteiger partial charge in [-0.1, -0.05) is 13.8 Å². The summed E-state index contributed by atoms with van der Waals surface area (Å²) in [5.74, 6) is 2.55. The molecule has 2 unspecified atom stereocenters. The summed E-state index contributed by atoms with van der Waals surface area (Å²) in [7, 11) is 0. The van der Waals surface area contributed by atoms with E-state index >= 15 is 0 Å². The average molecular weight is 194 g/mol. The topological polar surface area (TPSA) is 56.7 Å². The molecule has 1 aromatic rings. The molecule has 0 fully saturated rings. The zero-order valence-electron chi connectivity index (χ0n) is 8.90. The van der Waals surface area contributed by atoms with Crippen LogP contribution in [0.3, 0.4) is 0 Å². The van der Waals surface area contributed by atoms with Crippen LogP contribution in [-0.2, 0) is 13.0 Å². The van der Waals surface area contributed by atoms with Crippen LogP contribution in [0.2, 0.25) is 0 Å². The predicted octanol–water partition coefficient (Wildman–Crippen LogP) is 1.27. The molecule has 2 atom stereocenters. The van der Waals surface area contributed by atoms with E-state index in [1.54, 1.807) is 0 Å². The van der Waals surface area contributed by atoms with Gasteiger partial charge in [0.2, 0.25) is 0 Å². The second-order valence-corrected chi connectivity index (χ2v) is 4.27. The monoisotopic (exact) mass is 194 g/mol. The molecule has 2 N–H and O–H groups in total. The Morgan fingerprint density at radius 2 is 2.36 bits per heavy atom. The standard InChI is InChI=1S/C10H18N4/c1-3-4-9-12-10-8(11)5-7(2)6-14(10)13-9/h7-8H,3-6,11H2,1-2H3. The lowest BCUT2D eigenvalue weighted by atomic mass is 9.98. The molecule has 2 heterocycles. The summed E-state index contributed by atoms with van der Waals surface area (Å²) in [6.07, 6.45) is 3.08. The minimum atomic E-state index is 0.0804. The van der Waals surface area contributed by atoms with Gasteiger partial charge in [-0.15, -0.1) is 0 Å². The third kappa shape index (κ3) is 1.66. The Balaban J connectivity index is 2.26. The van der Waals surface area contributed by atoms with Crippen LogP contribution < -0.4 is 5.73 Å². The van der Waals surface area contributed by atoms with Crippen LogP contribution in [0.25, 0.3) is 0 Å². The van der Waals surface area contributed by atoms with Crippen molar-refractivity contribution < 1.29 is 0 Å². The molecule has 0 saturated heterocycles. The molecule has 0 saturated carbocycles. The summed E-state index contributed by atoms with van der Waals surface area (Å²) in [6, 6.07) is 0.0804. The molecule has 0 amide bonds. The van der Waals surface area contributed by atoms with Crippen LogP contribution in [-0.4, -0.2) is 14.8 Å². The third-order valence-corrected chi connectivity index (χ3v) is 2.69. The lowest BCUT2D eigenvalue weighted by Crippen LogP contribution is -2.27. The molecule has 4 heteroatoms. The van der Waals surface area contributed by atoms with Crippen LogP contribution in [0.15, 0.2) is 0 Å². The van der Waals surface area contributed by atoms with E-state index in [9.17, 15) is 0 Å². The number of fused-ring (bicyclic) bond motifs is 1. The molecule has 0 radical (unpaired) electrons. The number of hydrogen-bond donors (Lipinski definition) is 1. The Labute approximate surface area is 84.5 Å². The highest BCUT2D eigenvalue weighted by molar-refractivity contribution is 5.02. The highest BCUT2D eigenvalue weighted by Gasteiger charge is 2.24. The largest absolute Gasteiger partial charge is 0.321 e. The summed E-state index contributed by atoms with van der Waals surface area (Å²) >= 11 is 0. The van der Waals surface area contributed by atoms with Gasteiger partial charge in [-0.25, -0.2) is 9.67 Å². The highest BCUT2D eigenvalue weighted by atomic mass is 15.4. The second kappa shape index (κ2) is 3.69. The van der Waals surface area contributed by atoms with E-state index in [0.29, 0.717) is 5.92 Å². The van der Waals surface area contributed by atoms with Crippen LogP contribution >= 0.6 is 0 Å². The van der Waals surface area contributed by atoms with Crippen LogP contribution in [0, 0.1) is 5.92 Å². The lowest BCUT2D eigenvalue weighted by molar-refractivity contribution is 0.325. The van der Waals surface area contributed by atoms with Crippen molar-refractivity contribution in [2.24, 2.45) is 11.7 Å². The first-order chi connectivity index (χ1) is 6.70. The van der Waals surface area contributed by atoms with Gasteiger partial charge in [0.15, 0.2) is 5.82 Å². The van der Waals surface area contributed by atoms with Crippen LogP contribution in [0.1, 0.15) is 44.4 Å². The van der Waals surface area contributed by atoms with E-state index in [4.69, 9.17) is 5.73 Å². The predicted molar refractivity (Wildman–Crippen MR) is 54.7 cm³/mol. The van der Waals surface area contributed by atoms with Gasteiger partial charge in [-0.2, -0.15) is 5.10 Å². The first-order valence-corrected chi connectivity index (χ1v) is 5.40. The maximum atomic E-state index is 6.02. The van der Waals surface area contributed by atoms with Crippen molar-refractivity contribution in [1.82, 2.24) is 14.8 Å². The molecule has 1 aromatic heterocycles. The van der Waals surface area contributed by atoms with E-state index in [1.807, 2.05) is 4.68 Å². The van der Waals surface area contributed by atoms with Gasteiger partial charge in [-0.3, -0.25) is 0 Å². The molecule has 4 nitrogen and oxygen atoms in total. The second-order valence-electron chi connectivity index (χ2n) is 4.27. The minimum Gasteiger partial charge on any atom is -0.321 e. The number of aromatic nitrogens is 3. The number of nitrogens with zero attached hydrogens (tertiary/aromatic N) is 3. The van der Waals surface area contributed by atoms with Crippen molar-refractivity contribution in [3.05, 3.63) is 11.6 Å². The lowest BCUT2D eigenvalue weighted by Gasteiger charge is -2.23. The smallest absolute Gasteiger partial charge is 0.151 e. The van der Waals surface area contributed by atoms with Gasteiger partial charge in [0.1, 0.15) is 5.82 Å². The first kappa shape index (κ1) is 9.65. The fourth-order valence-electron chi connectivity index (χ4n) is 2.05. The van der Waals surface area contributed by atoms with Crippen molar-refractivity contribution in [3.63, 3.8) is 0 Å².